The van der Waals surface area contributed by atoms with Gasteiger partial charge in [-0.05, 0) is 72.5 Å². The minimum absolute atomic E-state index is 0.551. The maximum absolute atomic E-state index is 2.40. The third kappa shape index (κ3) is 3.38. The second kappa shape index (κ2) is 7.96. The smallest absolute Gasteiger partial charge is 0.0542 e. The summed E-state index contributed by atoms with van der Waals surface area (Å²) in [6.45, 7) is 4.57. The van der Waals surface area contributed by atoms with Gasteiger partial charge < -0.3 is 9.47 Å². The van der Waals surface area contributed by atoms with Gasteiger partial charge in [0.2, 0.25) is 0 Å². The number of hydrogen-bond acceptors (Lipinski definition) is 1. The normalized spacial score (nSPS) is 12.4. The molecule has 0 radical (unpaired) electrons. The molecule has 0 fully saturated rings. The maximum Gasteiger partial charge on any atom is 0.0542 e. The molecule has 0 N–H and O–H groups in total. The Kier molecular flexibility index (Phi) is 4.99. The summed E-state index contributed by atoms with van der Waals surface area (Å²) >= 11 is 0. The molecule has 4 aromatic carbocycles. The third-order valence-corrected chi connectivity index (χ3v) is 6.50. The summed E-state index contributed by atoms with van der Waals surface area (Å²) in [5.41, 5.74) is 7.49. The van der Waals surface area contributed by atoms with Crippen LogP contribution in [0.25, 0.3) is 27.5 Å². The van der Waals surface area contributed by atoms with Crippen LogP contribution in [0.5, 0.6) is 0 Å². The van der Waals surface area contributed by atoms with Gasteiger partial charge in [0.1, 0.15) is 0 Å². The van der Waals surface area contributed by atoms with Crippen molar-refractivity contribution in [1.29, 1.82) is 0 Å². The number of anilines is 2. The van der Waals surface area contributed by atoms with Gasteiger partial charge >= 0.3 is 0 Å². The summed E-state index contributed by atoms with van der Waals surface area (Å²) in [7, 11) is 2.14. The first-order chi connectivity index (χ1) is 15.2. The zero-order valence-corrected chi connectivity index (χ0v) is 18.4. The van der Waals surface area contributed by atoms with E-state index < -0.39 is 0 Å². The number of benzene rings is 4. The Morgan fingerprint density at radius 3 is 2.00 bits per heavy atom. The van der Waals surface area contributed by atoms with Crippen molar-refractivity contribution in [2.45, 2.75) is 26.2 Å². The zero-order valence-electron chi connectivity index (χ0n) is 18.4. The maximum atomic E-state index is 2.40. The van der Waals surface area contributed by atoms with Crippen LogP contribution in [0.1, 0.15) is 31.7 Å². The van der Waals surface area contributed by atoms with Gasteiger partial charge in [0, 0.05) is 34.9 Å². The van der Waals surface area contributed by atoms with Crippen LogP contribution in [0.3, 0.4) is 0 Å². The van der Waals surface area contributed by atoms with E-state index in [1.165, 1.54) is 44.4 Å². The van der Waals surface area contributed by atoms with Crippen LogP contribution in [0.15, 0.2) is 97.1 Å². The fourth-order valence-corrected chi connectivity index (χ4v) is 4.44. The van der Waals surface area contributed by atoms with E-state index in [1.807, 2.05) is 0 Å². The lowest BCUT2D eigenvalue weighted by Crippen LogP contribution is -2.08. The average Bonchev–Trinajstić information content (AvgIpc) is 3.17. The van der Waals surface area contributed by atoms with Gasteiger partial charge in [-0.2, -0.15) is 0 Å². The molecule has 31 heavy (non-hydrogen) atoms. The van der Waals surface area contributed by atoms with Gasteiger partial charge in [-0.15, -0.1) is 0 Å². The molecule has 0 aliphatic rings. The Labute approximate surface area is 184 Å². The number of rotatable bonds is 5. The molecule has 5 rings (SSSR count). The Morgan fingerprint density at radius 2 is 1.32 bits per heavy atom. The van der Waals surface area contributed by atoms with E-state index in [0.29, 0.717) is 5.92 Å². The molecule has 0 aliphatic heterocycles. The van der Waals surface area contributed by atoms with Gasteiger partial charge in [-0.3, -0.25) is 0 Å². The molecule has 0 aliphatic carbocycles. The predicted octanol–water partition coefficient (Wildman–Crippen LogP) is 8.07. The van der Waals surface area contributed by atoms with Crippen molar-refractivity contribution in [3.63, 3.8) is 0 Å². The molecule has 2 nitrogen and oxygen atoms in total. The molecule has 2 heteroatoms. The van der Waals surface area contributed by atoms with E-state index in [4.69, 9.17) is 0 Å². The summed E-state index contributed by atoms with van der Waals surface area (Å²) in [4.78, 5) is 2.25. The molecule has 0 bridgehead atoms. The molecule has 154 valence electrons. The molecule has 1 unspecified atom stereocenters. The molecule has 0 spiro atoms. The number of aromatic nitrogens is 1. The molecule has 1 atom stereocenters. The summed E-state index contributed by atoms with van der Waals surface area (Å²) in [6.07, 6.45) is 1.14. The van der Waals surface area contributed by atoms with E-state index in [1.54, 1.807) is 0 Å². The highest BCUT2D eigenvalue weighted by Crippen LogP contribution is 2.37. The lowest BCUT2D eigenvalue weighted by Gasteiger charge is -2.19. The standard InChI is InChI=1S/C29H28N2/c1-4-21(2)22-15-17-28-26(19-22)27-20-25(30(3)23-11-7-5-8-12-23)16-18-29(27)31(28)24-13-9-6-10-14-24/h5-21H,4H2,1-3H3. The van der Waals surface area contributed by atoms with E-state index >= 15 is 0 Å². The van der Waals surface area contributed by atoms with Crippen molar-refractivity contribution in [1.82, 2.24) is 4.57 Å². The quantitative estimate of drug-likeness (QED) is 0.287. The van der Waals surface area contributed by atoms with E-state index in [0.717, 1.165) is 6.42 Å². The Bertz CT molecular complexity index is 1330. The number of hydrogen-bond donors (Lipinski definition) is 0. The minimum Gasteiger partial charge on any atom is -0.345 e. The molecule has 1 aromatic heterocycles. The van der Waals surface area contributed by atoms with Gasteiger partial charge in [0.25, 0.3) is 0 Å². The van der Waals surface area contributed by atoms with E-state index in [9.17, 15) is 0 Å². The van der Waals surface area contributed by atoms with Crippen molar-refractivity contribution >= 4 is 33.2 Å². The van der Waals surface area contributed by atoms with Crippen molar-refractivity contribution in [3.8, 4) is 5.69 Å². The van der Waals surface area contributed by atoms with Crippen molar-refractivity contribution < 1.29 is 0 Å². The summed E-state index contributed by atoms with van der Waals surface area (Å²) < 4.78 is 2.39. The van der Waals surface area contributed by atoms with Crippen LogP contribution < -0.4 is 4.90 Å². The number of fused-ring (bicyclic) bond motifs is 3. The van der Waals surface area contributed by atoms with Gasteiger partial charge in [0.05, 0.1) is 11.0 Å². The highest BCUT2D eigenvalue weighted by Gasteiger charge is 2.15. The fourth-order valence-electron chi connectivity index (χ4n) is 4.44. The van der Waals surface area contributed by atoms with E-state index in [2.05, 4.69) is 127 Å². The first-order valence-electron chi connectivity index (χ1n) is 11.1. The van der Waals surface area contributed by atoms with E-state index in [-0.39, 0.29) is 0 Å². The molecular weight excluding hydrogens is 376 g/mol. The highest BCUT2D eigenvalue weighted by molar-refractivity contribution is 6.10. The van der Waals surface area contributed by atoms with Crippen LogP contribution >= 0.6 is 0 Å². The number of para-hydroxylation sites is 2. The summed E-state index contributed by atoms with van der Waals surface area (Å²) in [5.74, 6) is 0.551. The largest absolute Gasteiger partial charge is 0.345 e. The zero-order chi connectivity index (χ0) is 21.4. The van der Waals surface area contributed by atoms with Crippen LogP contribution in [-0.2, 0) is 0 Å². The molecule has 1 heterocycles. The molecule has 0 amide bonds. The Hall–Kier alpha value is -3.52. The fraction of sp³-hybridized carbons (Fsp3) is 0.172. The Morgan fingerprint density at radius 1 is 0.710 bits per heavy atom. The van der Waals surface area contributed by atoms with Crippen molar-refractivity contribution in [3.05, 3.63) is 103 Å². The van der Waals surface area contributed by atoms with Crippen molar-refractivity contribution in [2.24, 2.45) is 0 Å². The molecule has 0 saturated heterocycles. The van der Waals surface area contributed by atoms with Crippen LogP contribution in [-0.4, -0.2) is 11.6 Å². The topological polar surface area (TPSA) is 8.17 Å². The SMILES string of the molecule is CCC(C)c1ccc2c(c1)c1cc(N(C)c3ccccc3)ccc1n2-c1ccccc1. The second-order valence-electron chi connectivity index (χ2n) is 8.35. The molecule has 0 saturated carbocycles. The average molecular weight is 405 g/mol. The first-order valence-corrected chi connectivity index (χ1v) is 11.1. The first kappa shape index (κ1) is 19.4. The van der Waals surface area contributed by atoms with Gasteiger partial charge in [0.15, 0.2) is 0 Å². The monoisotopic (exact) mass is 404 g/mol. The van der Waals surface area contributed by atoms with Gasteiger partial charge in [-0.25, -0.2) is 0 Å². The lowest BCUT2D eigenvalue weighted by atomic mass is 9.97. The highest BCUT2D eigenvalue weighted by atomic mass is 15.1. The van der Waals surface area contributed by atoms with Crippen LogP contribution in [0.2, 0.25) is 0 Å². The minimum atomic E-state index is 0.551. The van der Waals surface area contributed by atoms with Crippen molar-refractivity contribution in [2.75, 3.05) is 11.9 Å². The Balaban J connectivity index is 1.77. The van der Waals surface area contributed by atoms with Crippen LogP contribution in [0, 0.1) is 0 Å². The molecule has 5 aromatic rings. The third-order valence-electron chi connectivity index (χ3n) is 6.50. The predicted molar refractivity (Wildman–Crippen MR) is 134 cm³/mol. The van der Waals surface area contributed by atoms with Gasteiger partial charge in [-0.1, -0.05) is 56.3 Å². The molecular formula is C29H28N2. The summed E-state index contributed by atoms with van der Waals surface area (Å²) in [5, 5.41) is 2.62. The summed E-state index contributed by atoms with van der Waals surface area (Å²) in [6, 6.07) is 35.0. The van der Waals surface area contributed by atoms with Crippen LogP contribution in [0.4, 0.5) is 11.4 Å². The number of nitrogens with zero attached hydrogens (tertiary/aromatic N) is 2. The second-order valence-corrected chi connectivity index (χ2v) is 8.35. The lowest BCUT2D eigenvalue weighted by molar-refractivity contribution is 0.735.